The molecule has 6 heteroatoms. The second-order valence-electron chi connectivity index (χ2n) is 7.31. The lowest BCUT2D eigenvalue weighted by atomic mass is 10.1. The summed E-state index contributed by atoms with van der Waals surface area (Å²) >= 11 is 0. The van der Waals surface area contributed by atoms with Crippen LogP contribution >= 0.6 is 0 Å². The highest BCUT2D eigenvalue weighted by molar-refractivity contribution is 5.79. The molecule has 146 valence electrons. The van der Waals surface area contributed by atoms with Crippen LogP contribution in [0.5, 0.6) is 0 Å². The van der Waals surface area contributed by atoms with E-state index in [4.69, 9.17) is 0 Å². The summed E-state index contributed by atoms with van der Waals surface area (Å²) in [6, 6.07) is 5.85. The summed E-state index contributed by atoms with van der Waals surface area (Å²) in [4.78, 5) is 8.78. The summed E-state index contributed by atoms with van der Waals surface area (Å²) in [7, 11) is 1.75. The maximum absolute atomic E-state index is 14.6. The lowest BCUT2D eigenvalue weighted by molar-refractivity contribution is 0.270. The van der Waals surface area contributed by atoms with Crippen LogP contribution in [0.3, 0.4) is 0 Å². The molecule has 1 aliphatic rings. The Hall–Kier alpha value is -1.82. The average Bonchev–Trinajstić information content (AvgIpc) is 2.65. The van der Waals surface area contributed by atoms with E-state index >= 15 is 0 Å². The third kappa shape index (κ3) is 5.59. The van der Waals surface area contributed by atoms with Gasteiger partial charge in [-0.25, -0.2) is 4.39 Å². The van der Waals surface area contributed by atoms with Crippen LogP contribution in [0.2, 0.25) is 0 Å². The number of likely N-dealkylation sites (N-methyl/N-ethyl adjacent to an activating group) is 1. The van der Waals surface area contributed by atoms with E-state index in [0.29, 0.717) is 24.2 Å². The van der Waals surface area contributed by atoms with Gasteiger partial charge in [-0.1, -0.05) is 26.8 Å². The van der Waals surface area contributed by atoms with Crippen molar-refractivity contribution in [3.63, 3.8) is 0 Å². The molecular formula is C20H34FN5. The van der Waals surface area contributed by atoms with E-state index in [1.165, 1.54) is 0 Å². The number of nitrogens with one attached hydrogen (secondary N) is 2. The molecule has 0 radical (unpaired) electrons. The first-order valence-electron chi connectivity index (χ1n) is 9.67. The molecule has 1 aliphatic heterocycles. The maximum atomic E-state index is 14.6. The summed E-state index contributed by atoms with van der Waals surface area (Å²) in [6.07, 6.45) is 0. The Labute approximate surface area is 157 Å². The average molecular weight is 364 g/mol. The number of rotatable bonds is 6. The van der Waals surface area contributed by atoms with Crippen LogP contribution in [0.1, 0.15) is 33.3 Å². The molecule has 1 saturated heterocycles. The van der Waals surface area contributed by atoms with Crippen molar-refractivity contribution < 1.29 is 4.39 Å². The van der Waals surface area contributed by atoms with Gasteiger partial charge in [-0.05, 0) is 37.1 Å². The summed E-state index contributed by atoms with van der Waals surface area (Å²) in [6.45, 7) is 14.0. The van der Waals surface area contributed by atoms with Gasteiger partial charge in [-0.3, -0.25) is 4.99 Å². The molecule has 0 spiro atoms. The zero-order valence-corrected chi connectivity index (χ0v) is 16.8. The van der Waals surface area contributed by atoms with Crippen LogP contribution in [0.15, 0.2) is 23.2 Å². The number of halogens is 1. The van der Waals surface area contributed by atoms with Gasteiger partial charge in [-0.15, -0.1) is 0 Å². The van der Waals surface area contributed by atoms with Crippen molar-refractivity contribution in [1.82, 2.24) is 15.5 Å². The van der Waals surface area contributed by atoms with Crippen LogP contribution in [0.4, 0.5) is 10.1 Å². The Morgan fingerprint density at radius 2 is 1.88 bits per heavy atom. The summed E-state index contributed by atoms with van der Waals surface area (Å²) < 4.78 is 14.6. The van der Waals surface area contributed by atoms with Gasteiger partial charge in [0.05, 0.1) is 5.69 Å². The summed E-state index contributed by atoms with van der Waals surface area (Å²) in [5.41, 5.74) is 1.62. The molecular weight excluding hydrogens is 329 g/mol. The van der Waals surface area contributed by atoms with Crippen LogP contribution in [-0.4, -0.2) is 56.7 Å². The van der Waals surface area contributed by atoms with E-state index in [-0.39, 0.29) is 5.82 Å². The molecule has 0 bridgehead atoms. The Bertz CT molecular complexity index is 594. The van der Waals surface area contributed by atoms with Crippen molar-refractivity contribution in [2.45, 2.75) is 40.3 Å². The van der Waals surface area contributed by atoms with E-state index in [1.54, 1.807) is 13.1 Å². The van der Waals surface area contributed by atoms with Crippen molar-refractivity contribution >= 4 is 11.6 Å². The highest BCUT2D eigenvalue weighted by atomic mass is 19.1. The molecule has 0 amide bonds. The Morgan fingerprint density at radius 1 is 1.19 bits per heavy atom. The first-order valence-corrected chi connectivity index (χ1v) is 9.67. The summed E-state index contributed by atoms with van der Waals surface area (Å²) in [5.74, 6) is 1.11. The minimum Gasteiger partial charge on any atom is -0.367 e. The summed E-state index contributed by atoms with van der Waals surface area (Å²) in [5, 5.41) is 6.62. The van der Waals surface area contributed by atoms with Crippen LogP contribution in [0, 0.1) is 11.7 Å². The molecule has 5 nitrogen and oxygen atoms in total. The van der Waals surface area contributed by atoms with Gasteiger partial charge < -0.3 is 20.4 Å². The molecule has 26 heavy (non-hydrogen) atoms. The highest BCUT2D eigenvalue weighted by Gasteiger charge is 2.18. The number of aliphatic imine (C=N–C) groups is 1. The predicted octanol–water partition coefficient (Wildman–Crippen LogP) is 2.68. The van der Waals surface area contributed by atoms with Crippen molar-refractivity contribution in [3.8, 4) is 0 Å². The molecule has 1 aromatic rings. The smallest absolute Gasteiger partial charge is 0.191 e. The van der Waals surface area contributed by atoms with E-state index in [2.05, 4.69) is 53.1 Å². The Balaban J connectivity index is 1.92. The number of hydrogen-bond acceptors (Lipinski definition) is 3. The molecule has 0 aliphatic carbocycles. The molecule has 1 aromatic carbocycles. The van der Waals surface area contributed by atoms with E-state index in [9.17, 15) is 4.39 Å². The van der Waals surface area contributed by atoms with E-state index < -0.39 is 0 Å². The maximum Gasteiger partial charge on any atom is 0.191 e. The zero-order valence-electron chi connectivity index (χ0n) is 16.8. The number of piperazine rings is 1. The van der Waals surface area contributed by atoms with Gasteiger partial charge in [0.1, 0.15) is 5.82 Å². The Morgan fingerprint density at radius 3 is 2.42 bits per heavy atom. The quantitative estimate of drug-likeness (QED) is 0.602. The second kappa shape index (κ2) is 9.76. The number of anilines is 1. The third-order valence-corrected chi connectivity index (χ3v) is 5.22. The fourth-order valence-electron chi connectivity index (χ4n) is 2.98. The fourth-order valence-corrected chi connectivity index (χ4v) is 2.98. The molecule has 2 N–H and O–H groups in total. The van der Waals surface area contributed by atoms with Gasteiger partial charge in [-0.2, -0.15) is 0 Å². The molecule has 1 atom stereocenters. The van der Waals surface area contributed by atoms with Crippen molar-refractivity contribution in [2.24, 2.45) is 10.9 Å². The predicted molar refractivity (Wildman–Crippen MR) is 108 cm³/mol. The lowest BCUT2D eigenvalue weighted by Crippen LogP contribution is -2.46. The molecule has 0 aromatic heterocycles. The molecule has 1 unspecified atom stereocenters. The first kappa shape index (κ1) is 20.5. The zero-order chi connectivity index (χ0) is 19.1. The Kier molecular flexibility index (Phi) is 7.69. The van der Waals surface area contributed by atoms with Gasteiger partial charge in [0.25, 0.3) is 0 Å². The van der Waals surface area contributed by atoms with Gasteiger partial charge in [0.2, 0.25) is 0 Å². The standard InChI is InChI=1S/C20H34FN5/c1-6-25-9-11-26(12-10-25)19-8-7-17(13-18(19)21)14-23-20(22-5)24-16(4)15(2)3/h7-8,13,15-16H,6,9-12,14H2,1-5H3,(H2,22,23,24). The fraction of sp³-hybridized carbons (Fsp3) is 0.650. The number of benzene rings is 1. The molecule has 1 fully saturated rings. The van der Waals surface area contributed by atoms with Crippen molar-refractivity contribution in [1.29, 1.82) is 0 Å². The van der Waals surface area contributed by atoms with E-state index in [1.807, 2.05) is 12.1 Å². The second-order valence-corrected chi connectivity index (χ2v) is 7.31. The largest absolute Gasteiger partial charge is 0.367 e. The van der Waals surface area contributed by atoms with Gasteiger partial charge in [0, 0.05) is 45.8 Å². The van der Waals surface area contributed by atoms with Crippen LogP contribution in [0.25, 0.3) is 0 Å². The minimum absolute atomic E-state index is 0.146. The van der Waals surface area contributed by atoms with Gasteiger partial charge >= 0.3 is 0 Å². The minimum atomic E-state index is -0.146. The first-order chi connectivity index (χ1) is 12.4. The van der Waals surface area contributed by atoms with Crippen molar-refractivity contribution in [2.75, 3.05) is 44.7 Å². The normalized spacial score (nSPS) is 17.5. The monoisotopic (exact) mass is 363 g/mol. The SMILES string of the molecule is CCN1CCN(c2ccc(CNC(=NC)NC(C)C(C)C)cc2F)CC1. The topological polar surface area (TPSA) is 42.9 Å². The molecule has 0 saturated carbocycles. The van der Waals surface area contributed by atoms with Gasteiger partial charge in [0.15, 0.2) is 5.96 Å². The molecule has 1 heterocycles. The number of guanidine groups is 1. The third-order valence-electron chi connectivity index (χ3n) is 5.22. The lowest BCUT2D eigenvalue weighted by Gasteiger charge is -2.35. The number of nitrogens with zero attached hydrogens (tertiary/aromatic N) is 3. The number of hydrogen-bond donors (Lipinski definition) is 2. The van der Waals surface area contributed by atoms with Crippen LogP contribution < -0.4 is 15.5 Å². The van der Waals surface area contributed by atoms with Crippen LogP contribution in [-0.2, 0) is 6.54 Å². The van der Waals surface area contributed by atoms with Crippen molar-refractivity contribution in [3.05, 3.63) is 29.6 Å². The molecule has 2 rings (SSSR count). The van der Waals surface area contributed by atoms with E-state index in [0.717, 1.165) is 44.2 Å². The highest BCUT2D eigenvalue weighted by Crippen LogP contribution is 2.22.